The van der Waals surface area contributed by atoms with Crippen LogP contribution >= 0.6 is 24.8 Å². The fraction of sp³-hybridized carbons (Fsp3) is 0.250. The molecular weight excluding hydrogens is 126 g/mol. The van der Waals surface area contributed by atoms with Gasteiger partial charge in [-0.3, -0.25) is 0 Å². The topological polar surface area (TPSA) is 26.0 Å². The summed E-state index contributed by atoms with van der Waals surface area (Å²) in [6, 6.07) is 0. The summed E-state index contributed by atoms with van der Waals surface area (Å²) in [5.41, 5.74) is 5.12. The van der Waals surface area contributed by atoms with Crippen LogP contribution in [-0.4, -0.2) is 4.99 Å². The Hall–Kier alpha value is -0.0200. The molecule has 0 radical (unpaired) electrons. The molecular formula is C4H7NS2. The molecule has 0 atom stereocenters. The first kappa shape index (κ1) is 6.98. The molecule has 0 saturated carbocycles. The van der Waals surface area contributed by atoms with Gasteiger partial charge in [-0.05, 0) is 5.41 Å². The van der Waals surface area contributed by atoms with Crippen LogP contribution in [0.4, 0.5) is 0 Å². The van der Waals surface area contributed by atoms with Gasteiger partial charge in [0.15, 0.2) is 0 Å². The van der Waals surface area contributed by atoms with Crippen molar-refractivity contribution < 1.29 is 0 Å². The van der Waals surface area contributed by atoms with Crippen LogP contribution in [0.1, 0.15) is 6.42 Å². The van der Waals surface area contributed by atoms with E-state index in [0.29, 0.717) is 11.4 Å². The summed E-state index contributed by atoms with van der Waals surface area (Å²) in [7, 11) is 0. The van der Waals surface area contributed by atoms with Crippen LogP contribution in [0.25, 0.3) is 0 Å². The molecule has 0 spiro atoms. The van der Waals surface area contributed by atoms with Gasteiger partial charge in [0.25, 0.3) is 0 Å². The standard InChI is InChI=1S/C4H7NS2/c5-4(7)2-1-3-6/h1,3,6H,2H2,(H2,5,7). The van der Waals surface area contributed by atoms with Gasteiger partial charge in [-0.25, -0.2) is 0 Å². The van der Waals surface area contributed by atoms with Crippen molar-refractivity contribution in [3.8, 4) is 0 Å². The van der Waals surface area contributed by atoms with E-state index in [-0.39, 0.29) is 0 Å². The highest BCUT2D eigenvalue weighted by Gasteiger charge is 1.77. The van der Waals surface area contributed by atoms with Gasteiger partial charge in [0.05, 0.1) is 4.99 Å². The van der Waals surface area contributed by atoms with Gasteiger partial charge >= 0.3 is 0 Å². The zero-order valence-electron chi connectivity index (χ0n) is 3.79. The van der Waals surface area contributed by atoms with Gasteiger partial charge in [-0.1, -0.05) is 18.3 Å². The molecule has 3 heteroatoms. The minimum Gasteiger partial charge on any atom is -0.393 e. The van der Waals surface area contributed by atoms with Gasteiger partial charge in [0.1, 0.15) is 0 Å². The lowest BCUT2D eigenvalue weighted by Crippen LogP contribution is -2.04. The molecule has 0 unspecified atom stereocenters. The van der Waals surface area contributed by atoms with Gasteiger partial charge < -0.3 is 5.73 Å². The molecule has 0 aromatic rings. The molecule has 0 rings (SSSR count). The third-order valence-electron chi connectivity index (χ3n) is 0.424. The van der Waals surface area contributed by atoms with Crippen molar-refractivity contribution in [3.63, 3.8) is 0 Å². The van der Waals surface area contributed by atoms with E-state index in [1.54, 1.807) is 11.5 Å². The molecule has 0 aliphatic heterocycles. The average Bonchev–Trinajstić information content (AvgIpc) is 1.61. The maximum atomic E-state index is 5.12. The second kappa shape index (κ2) is 4.15. The lowest BCUT2D eigenvalue weighted by atomic mass is 10.4. The average molecular weight is 133 g/mol. The van der Waals surface area contributed by atoms with Crippen LogP contribution in [-0.2, 0) is 0 Å². The number of rotatable bonds is 2. The van der Waals surface area contributed by atoms with Crippen LogP contribution in [0.5, 0.6) is 0 Å². The van der Waals surface area contributed by atoms with Crippen LogP contribution in [0.15, 0.2) is 11.5 Å². The number of thiol groups is 1. The maximum Gasteiger partial charge on any atom is 0.0765 e. The van der Waals surface area contributed by atoms with E-state index in [9.17, 15) is 0 Å². The Bertz CT molecular complexity index is 87.7. The second-order valence-electron chi connectivity index (χ2n) is 1.06. The third kappa shape index (κ3) is 5.98. The molecule has 0 amide bonds. The Balaban J connectivity index is 3.14. The summed E-state index contributed by atoms with van der Waals surface area (Å²) in [6.07, 6.45) is 2.45. The van der Waals surface area contributed by atoms with Crippen molar-refractivity contribution in [2.75, 3.05) is 0 Å². The predicted molar refractivity (Wildman–Crippen MR) is 39.5 cm³/mol. The lowest BCUT2D eigenvalue weighted by Gasteiger charge is -1.82. The molecule has 0 aromatic carbocycles. The van der Waals surface area contributed by atoms with Crippen molar-refractivity contribution in [3.05, 3.63) is 11.5 Å². The Morgan fingerprint density at radius 2 is 2.43 bits per heavy atom. The summed E-state index contributed by atoms with van der Waals surface area (Å²) in [4.78, 5) is 0.505. The molecule has 0 saturated heterocycles. The van der Waals surface area contributed by atoms with E-state index in [1.165, 1.54) is 0 Å². The number of hydrogen-bond donors (Lipinski definition) is 2. The summed E-state index contributed by atoms with van der Waals surface area (Å²) in [5.74, 6) is 0. The monoisotopic (exact) mass is 133 g/mol. The van der Waals surface area contributed by atoms with Crippen LogP contribution in [0, 0.1) is 0 Å². The number of hydrogen-bond acceptors (Lipinski definition) is 2. The molecule has 0 fully saturated rings. The van der Waals surface area contributed by atoms with E-state index in [4.69, 9.17) is 5.73 Å². The number of nitrogens with two attached hydrogens (primary N) is 1. The Morgan fingerprint density at radius 1 is 1.86 bits per heavy atom. The molecule has 7 heavy (non-hydrogen) atoms. The van der Waals surface area contributed by atoms with Crippen LogP contribution in [0.3, 0.4) is 0 Å². The highest BCUT2D eigenvalue weighted by molar-refractivity contribution is 7.83. The SMILES string of the molecule is NC(=S)CC=CS. The molecule has 0 aliphatic carbocycles. The molecule has 0 aliphatic rings. The molecule has 1 nitrogen and oxygen atoms in total. The first-order valence-corrected chi connectivity index (χ1v) is 2.77. The van der Waals surface area contributed by atoms with Gasteiger partial charge in [-0.2, -0.15) is 12.6 Å². The minimum absolute atomic E-state index is 0.505. The number of thiocarbonyl (C=S) groups is 1. The second-order valence-corrected chi connectivity index (χ2v) is 1.88. The predicted octanol–water partition coefficient (Wildman–Crippen LogP) is 1.11. The highest BCUT2D eigenvalue weighted by atomic mass is 32.1. The van der Waals surface area contributed by atoms with Gasteiger partial charge in [0, 0.05) is 6.42 Å². The fourth-order valence-electron chi connectivity index (χ4n) is 0.169. The van der Waals surface area contributed by atoms with Crippen molar-refractivity contribution >= 4 is 29.8 Å². The molecule has 2 N–H and O–H groups in total. The van der Waals surface area contributed by atoms with Gasteiger partial charge in [-0.15, -0.1) is 0 Å². The van der Waals surface area contributed by atoms with E-state index >= 15 is 0 Å². The normalized spacial score (nSPS) is 9.86. The van der Waals surface area contributed by atoms with Crippen LogP contribution in [0.2, 0.25) is 0 Å². The first-order valence-electron chi connectivity index (χ1n) is 1.85. The Labute approximate surface area is 54.0 Å². The zero-order chi connectivity index (χ0) is 5.70. The van der Waals surface area contributed by atoms with Gasteiger partial charge in [0.2, 0.25) is 0 Å². The first-order chi connectivity index (χ1) is 3.27. The van der Waals surface area contributed by atoms with E-state index in [2.05, 4.69) is 24.8 Å². The van der Waals surface area contributed by atoms with Crippen molar-refractivity contribution in [1.82, 2.24) is 0 Å². The summed E-state index contributed by atoms with van der Waals surface area (Å²) >= 11 is 8.35. The fourth-order valence-corrected chi connectivity index (χ4v) is 0.370. The highest BCUT2D eigenvalue weighted by Crippen LogP contribution is 1.83. The quantitative estimate of drug-likeness (QED) is 0.436. The molecule has 0 bridgehead atoms. The van der Waals surface area contributed by atoms with Crippen molar-refractivity contribution in [2.24, 2.45) is 5.73 Å². The Kier molecular flexibility index (Phi) is 4.14. The summed E-state index contributed by atoms with van der Waals surface area (Å²) in [5, 5.41) is 1.62. The molecule has 0 heterocycles. The third-order valence-corrected chi connectivity index (χ3v) is 0.802. The zero-order valence-corrected chi connectivity index (χ0v) is 5.51. The largest absolute Gasteiger partial charge is 0.393 e. The minimum atomic E-state index is 0.505. The Morgan fingerprint density at radius 3 is 2.57 bits per heavy atom. The molecule has 40 valence electrons. The van der Waals surface area contributed by atoms with E-state index < -0.39 is 0 Å². The van der Waals surface area contributed by atoms with Crippen molar-refractivity contribution in [1.29, 1.82) is 0 Å². The molecule has 0 aromatic heterocycles. The maximum absolute atomic E-state index is 5.12. The summed E-state index contributed by atoms with van der Waals surface area (Å²) in [6.45, 7) is 0. The smallest absolute Gasteiger partial charge is 0.0765 e. The van der Waals surface area contributed by atoms with Crippen molar-refractivity contribution in [2.45, 2.75) is 6.42 Å². The van der Waals surface area contributed by atoms with Crippen LogP contribution < -0.4 is 5.73 Å². The van der Waals surface area contributed by atoms with E-state index in [0.717, 1.165) is 0 Å². The van der Waals surface area contributed by atoms with E-state index in [1.807, 2.05) is 0 Å². The lowest BCUT2D eigenvalue weighted by molar-refractivity contribution is 1.48. The summed E-state index contributed by atoms with van der Waals surface area (Å²) < 4.78 is 0.